The van der Waals surface area contributed by atoms with Gasteiger partial charge in [0.15, 0.2) is 0 Å². The van der Waals surface area contributed by atoms with Crippen LogP contribution in [0.25, 0.3) is 0 Å². The van der Waals surface area contributed by atoms with Gasteiger partial charge in [0, 0.05) is 23.5 Å². The minimum Gasteiger partial charge on any atom is -0.388 e. The number of aromatic nitrogens is 1. The van der Waals surface area contributed by atoms with E-state index in [9.17, 15) is 13.5 Å². The molecule has 18 heavy (non-hydrogen) atoms. The van der Waals surface area contributed by atoms with Crippen molar-refractivity contribution in [1.29, 1.82) is 0 Å². The first-order chi connectivity index (χ1) is 8.44. The molecule has 0 saturated heterocycles. The maximum atomic E-state index is 11.5. The van der Waals surface area contributed by atoms with Crippen molar-refractivity contribution in [2.24, 2.45) is 0 Å². The number of aryl methyl sites for hydroxylation is 1. The van der Waals surface area contributed by atoms with Gasteiger partial charge in [-0.05, 0) is 39.3 Å². The van der Waals surface area contributed by atoms with Crippen LogP contribution < -0.4 is 4.72 Å². The average molecular weight is 272 g/mol. The Balaban J connectivity index is 2.24. The SMILES string of the molecule is CNS(=O)(=O)CCn1c(C)cc2c1CCCC2O. The summed E-state index contributed by atoms with van der Waals surface area (Å²) >= 11 is 0. The normalized spacial score (nSPS) is 19.8. The van der Waals surface area contributed by atoms with Gasteiger partial charge in [-0.15, -0.1) is 0 Å². The third-order valence-electron chi connectivity index (χ3n) is 3.59. The third-order valence-corrected chi connectivity index (χ3v) is 4.94. The Labute approximate surface area is 108 Å². The van der Waals surface area contributed by atoms with Gasteiger partial charge in [-0.25, -0.2) is 13.1 Å². The molecule has 1 atom stereocenters. The summed E-state index contributed by atoms with van der Waals surface area (Å²) in [7, 11) is -1.76. The van der Waals surface area contributed by atoms with Crippen LogP contribution in [0, 0.1) is 6.92 Å². The standard InChI is InChI=1S/C12H20N2O3S/c1-9-8-10-11(4-3-5-12(10)15)14(9)6-7-18(16,17)13-2/h8,12-13,15H,3-7H2,1-2H3. The Bertz CT molecular complexity index is 534. The summed E-state index contributed by atoms with van der Waals surface area (Å²) < 4.78 is 27.3. The summed E-state index contributed by atoms with van der Waals surface area (Å²) in [5, 5.41) is 9.93. The van der Waals surface area contributed by atoms with Crippen molar-refractivity contribution in [3.63, 3.8) is 0 Å². The van der Waals surface area contributed by atoms with Gasteiger partial charge < -0.3 is 9.67 Å². The summed E-state index contributed by atoms with van der Waals surface area (Å²) in [6, 6.07) is 1.98. The monoisotopic (exact) mass is 272 g/mol. The topological polar surface area (TPSA) is 71.3 Å². The number of aliphatic hydroxyl groups is 1. The zero-order chi connectivity index (χ0) is 13.3. The minimum absolute atomic E-state index is 0.0710. The predicted molar refractivity (Wildman–Crippen MR) is 69.9 cm³/mol. The van der Waals surface area contributed by atoms with Crippen molar-refractivity contribution < 1.29 is 13.5 Å². The highest BCUT2D eigenvalue weighted by atomic mass is 32.2. The molecule has 0 fully saturated rings. The number of sulfonamides is 1. The predicted octanol–water partition coefficient (Wildman–Crippen LogP) is 0.715. The zero-order valence-electron chi connectivity index (χ0n) is 10.8. The highest BCUT2D eigenvalue weighted by Gasteiger charge is 2.23. The maximum absolute atomic E-state index is 11.5. The number of nitrogens with one attached hydrogen (secondary N) is 1. The van der Waals surface area contributed by atoms with Crippen molar-refractivity contribution in [3.8, 4) is 0 Å². The molecule has 2 rings (SSSR count). The lowest BCUT2D eigenvalue weighted by molar-refractivity contribution is 0.155. The van der Waals surface area contributed by atoms with Gasteiger partial charge in [-0.3, -0.25) is 0 Å². The maximum Gasteiger partial charge on any atom is 0.213 e. The van der Waals surface area contributed by atoms with Gasteiger partial charge in [0.1, 0.15) is 0 Å². The second-order valence-corrected chi connectivity index (χ2v) is 6.82. The van der Waals surface area contributed by atoms with E-state index < -0.39 is 16.1 Å². The number of nitrogens with zero attached hydrogens (tertiary/aromatic N) is 1. The highest BCUT2D eigenvalue weighted by molar-refractivity contribution is 7.89. The second kappa shape index (κ2) is 5.03. The number of aliphatic hydroxyl groups excluding tert-OH is 1. The largest absolute Gasteiger partial charge is 0.388 e. The fraction of sp³-hybridized carbons (Fsp3) is 0.667. The van der Waals surface area contributed by atoms with Crippen LogP contribution in [0.4, 0.5) is 0 Å². The molecule has 0 saturated carbocycles. The molecule has 2 N–H and O–H groups in total. The van der Waals surface area contributed by atoms with Crippen LogP contribution in [0.3, 0.4) is 0 Å². The number of hydrogen-bond acceptors (Lipinski definition) is 3. The quantitative estimate of drug-likeness (QED) is 0.848. The number of rotatable bonds is 4. The second-order valence-electron chi connectivity index (χ2n) is 4.77. The first kappa shape index (κ1) is 13.6. The Kier molecular flexibility index (Phi) is 3.79. The van der Waals surface area contributed by atoms with E-state index >= 15 is 0 Å². The Morgan fingerprint density at radius 1 is 1.56 bits per heavy atom. The van der Waals surface area contributed by atoms with Crippen LogP contribution in [0.2, 0.25) is 0 Å². The lowest BCUT2D eigenvalue weighted by atomic mass is 9.95. The molecule has 0 amide bonds. The van der Waals surface area contributed by atoms with E-state index in [0.717, 1.165) is 36.2 Å². The fourth-order valence-electron chi connectivity index (χ4n) is 2.57. The molecule has 1 aliphatic carbocycles. The van der Waals surface area contributed by atoms with E-state index in [0.29, 0.717) is 6.54 Å². The van der Waals surface area contributed by atoms with Crippen molar-refractivity contribution in [1.82, 2.24) is 9.29 Å². The van der Waals surface area contributed by atoms with Gasteiger partial charge in [0.25, 0.3) is 0 Å². The first-order valence-corrected chi connectivity index (χ1v) is 7.88. The molecule has 1 aliphatic rings. The van der Waals surface area contributed by atoms with E-state index in [1.807, 2.05) is 17.6 Å². The average Bonchev–Trinajstić information content (AvgIpc) is 2.65. The van der Waals surface area contributed by atoms with Crippen molar-refractivity contribution in [2.75, 3.05) is 12.8 Å². The molecule has 0 spiro atoms. The number of fused-ring (bicyclic) bond motifs is 1. The van der Waals surface area contributed by atoms with E-state index in [2.05, 4.69) is 4.72 Å². The number of hydrogen-bond donors (Lipinski definition) is 2. The van der Waals surface area contributed by atoms with Crippen molar-refractivity contribution >= 4 is 10.0 Å². The molecule has 1 heterocycles. The lowest BCUT2D eigenvalue weighted by Gasteiger charge is -2.20. The molecule has 0 radical (unpaired) electrons. The van der Waals surface area contributed by atoms with E-state index in [-0.39, 0.29) is 5.75 Å². The summed E-state index contributed by atoms with van der Waals surface area (Å²) in [5.74, 6) is 0.0710. The highest BCUT2D eigenvalue weighted by Crippen LogP contribution is 2.32. The molecule has 102 valence electrons. The van der Waals surface area contributed by atoms with E-state index in [1.54, 1.807) is 0 Å². The minimum atomic E-state index is -3.19. The molecule has 1 aromatic rings. The zero-order valence-corrected chi connectivity index (χ0v) is 11.6. The van der Waals surface area contributed by atoms with Gasteiger partial charge >= 0.3 is 0 Å². The molecule has 0 aliphatic heterocycles. The molecule has 1 aromatic heterocycles. The van der Waals surface area contributed by atoms with Gasteiger partial charge in [-0.1, -0.05) is 0 Å². The molecule has 0 bridgehead atoms. The van der Waals surface area contributed by atoms with Crippen LogP contribution in [0.5, 0.6) is 0 Å². The molecule has 5 nitrogen and oxygen atoms in total. The molecular weight excluding hydrogens is 252 g/mol. The summed E-state index contributed by atoms with van der Waals surface area (Å²) in [6.45, 7) is 2.40. The summed E-state index contributed by atoms with van der Waals surface area (Å²) in [5.41, 5.74) is 3.09. The Hall–Kier alpha value is -0.850. The molecule has 1 unspecified atom stereocenters. The Morgan fingerprint density at radius 3 is 2.94 bits per heavy atom. The smallest absolute Gasteiger partial charge is 0.213 e. The fourth-order valence-corrected chi connectivity index (χ4v) is 3.19. The van der Waals surface area contributed by atoms with Gasteiger partial charge in [0.05, 0.1) is 11.9 Å². The molecule has 0 aromatic carbocycles. The third kappa shape index (κ3) is 2.60. The summed E-state index contributed by atoms with van der Waals surface area (Å²) in [6.07, 6.45) is 2.27. The Morgan fingerprint density at radius 2 is 2.28 bits per heavy atom. The molecule has 6 heteroatoms. The van der Waals surface area contributed by atoms with Crippen LogP contribution in [-0.4, -0.2) is 30.9 Å². The molecular formula is C12H20N2O3S. The summed E-state index contributed by atoms with van der Waals surface area (Å²) in [4.78, 5) is 0. The van der Waals surface area contributed by atoms with Crippen LogP contribution in [0.1, 0.15) is 35.9 Å². The van der Waals surface area contributed by atoms with E-state index in [1.165, 1.54) is 7.05 Å². The van der Waals surface area contributed by atoms with E-state index in [4.69, 9.17) is 0 Å². The first-order valence-electron chi connectivity index (χ1n) is 6.23. The van der Waals surface area contributed by atoms with Gasteiger partial charge in [0.2, 0.25) is 10.0 Å². The van der Waals surface area contributed by atoms with Crippen molar-refractivity contribution in [2.45, 2.75) is 38.8 Å². The van der Waals surface area contributed by atoms with Gasteiger partial charge in [-0.2, -0.15) is 0 Å². The lowest BCUT2D eigenvalue weighted by Crippen LogP contribution is -2.25. The van der Waals surface area contributed by atoms with Crippen LogP contribution >= 0.6 is 0 Å². The van der Waals surface area contributed by atoms with Crippen LogP contribution in [-0.2, 0) is 23.0 Å². The van der Waals surface area contributed by atoms with Crippen LogP contribution in [0.15, 0.2) is 6.07 Å². The van der Waals surface area contributed by atoms with Crippen molar-refractivity contribution in [3.05, 3.63) is 23.0 Å².